The molecule has 0 aliphatic heterocycles. The van der Waals surface area contributed by atoms with Crippen molar-refractivity contribution in [2.75, 3.05) is 0 Å². The number of benzene rings is 9. The van der Waals surface area contributed by atoms with Crippen LogP contribution in [0.3, 0.4) is 0 Å². The smallest absolute Gasteiger partial charge is 0.178 e. The van der Waals surface area contributed by atoms with Crippen LogP contribution in [0.15, 0.2) is 203 Å². The van der Waals surface area contributed by atoms with Crippen molar-refractivity contribution in [2.24, 2.45) is 0 Å². The first-order valence-corrected chi connectivity index (χ1v) is 23.9. The minimum Gasteiger partial charge on any atom is -0.452 e. The zero-order valence-electron chi connectivity index (χ0n) is 40.4. The molecule has 0 saturated carbocycles. The lowest BCUT2D eigenvalue weighted by atomic mass is 9.92. The first-order valence-electron chi connectivity index (χ1n) is 23.9. The van der Waals surface area contributed by atoms with Crippen LogP contribution < -0.4 is 0 Å². The molecule has 0 N–H and O–H groups in total. The highest BCUT2D eigenvalue weighted by Gasteiger charge is 2.18. The van der Waals surface area contributed by atoms with Gasteiger partial charge in [-0.3, -0.25) is 0 Å². The summed E-state index contributed by atoms with van der Waals surface area (Å²) in [6, 6.07) is 68.9. The van der Waals surface area contributed by atoms with Crippen molar-refractivity contribution in [1.82, 2.24) is 0 Å². The van der Waals surface area contributed by atoms with E-state index in [4.69, 9.17) is 8.83 Å². The second-order valence-electron chi connectivity index (χ2n) is 17.7. The van der Waals surface area contributed by atoms with Crippen LogP contribution in [0, 0.1) is 34.6 Å². The average molecular weight is 875 g/mol. The second kappa shape index (κ2) is 21.3. The summed E-state index contributed by atoms with van der Waals surface area (Å²) in [5, 5.41) is 4.31. The molecule has 0 bridgehead atoms. The SMILES string of the molecule is CCC.CCCc1ccccc1.Cc1ccccc1.Cc1ccccc1-c1cc(-c2ccc3c(c2)oc2c3ccc3c4ccc(-c5ccc(C)c(-c6ccccc6C)c5)cc4oc32)ccc1C. The van der Waals surface area contributed by atoms with Crippen LogP contribution in [0.2, 0.25) is 0 Å². The van der Waals surface area contributed by atoms with Crippen LogP contribution >= 0.6 is 0 Å². The van der Waals surface area contributed by atoms with E-state index in [1.165, 1.54) is 86.0 Å². The third kappa shape index (κ3) is 10.4. The molecular weight excluding hydrogens is 813 g/mol. The molecule has 2 heterocycles. The normalized spacial score (nSPS) is 10.9. The van der Waals surface area contributed by atoms with Crippen LogP contribution in [-0.4, -0.2) is 0 Å². The summed E-state index contributed by atoms with van der Waals surface area (Å²) in [5.74, 6) is 0. The van der Waals surface area contributed by atoms with Gasteiger partial charge in [0.1, 0.15) is 11.2 Å². The zero-order chi connectivity index (χ0) is 46.9. The second-order valence-corrected chi connectivity index (χ2v) is 17.7. The Morgan fingerprint density at radius 3 is 1.09 bits per heavy atom. The first-order chi connectivity index (χ1) is 32.7. The minimum absolute atomic E-state index is 0.791. The third-order valence-electron chi connectivity index (χ3n) is 12.4. The monoisotopic (exact) mass is 874 g/mol. The maximum absolute atomic E-state index is 6.63. The van der Waals surface area contributed by atoms with Gasteiger partial charge in [0.2, 0.25) is 0 Å². The van der Waals surface area contributed by atoms with Gasteiger partial charge in [-0.15, -0.1) is 0 Å². The molecule has 0 spiro atoms. The lowest BCUT2D eigenvalue weighted by molar-refractivity contribution is 0.633. The molecule has 2 aromatic heterocycles. The Morgan fingerprint density at radius 1 is 0.328 bits per heavy atom. The summed E-state index contributed by atoms with van der Waals surface area (Å²) in [5.41, 5.74) is 20.8. The molecule has 0 radical (unpaired) electrons. The number of furan rings is 2. The highest BCUT2D eigenvalue weighted by atomic mass is 16.4. The fraction of sp³-hybridized carbons (Fsp3) is 0.169. The standard InChI is InChI=1S/C46H34O2.C9H12.C7H8.C3H8/c1-27-9-5-7-11-35(27)41-23-31(15-13-29(41)3)33-17-19-37-39-21-22-40-38-20-18-34(26-44(38)48-46(40)45(39)47-43(37)25-33)32-16-14-30(4)42(24-32)36-12-8-6-10-28(36)2;1-2-6-9-7-4-3-5-8-9;1-7-5-3-2-4-6-7;1-3-2/h5-26H,1-4H3;3-5,7-8H,2,6H2,1H3;2-6H,1H3;3H2,1-2H3. The quantitative estimate of drug-likeness (QED) is 0.166. The fourth-order valence-electron chi connectivity index (χ4n) is 8.83. The summed E-state index contributed by atoms with van der Waals surface area (Å²) in [6.45, 7) is 17.2. The molecule has 2 nitrogen and oxygen atoms in total. The summed E-state index contributed by atoms with van der Waals surface area (Å²) >= 11 is 0. The number of fused-ring (bicyclic) bond motifs is 7. The Labute approximate surface area is 397 Å². The van der Waals surface area contributed by atoms with Crippen molar-refractivity contribution in [3.63, 3.8) is 0 Å². The van der Waals surface area contributed by atoms with E-state index in [1.54, 1.807) is 0 Å². The van der Waals surface area contributed by atoms with Gasteiger partial charge in [-0.2, -0.15) is 0 Å². The van der Waals surface area contributed by atoms with E-state index in [1.807, 2.05) is 18.2 Å². The van der Waals surface area contributed by atoms with E-state index < -0.39 is 0 Å². The van der Waals surface area contributed by atoms with Crippen LogP contribution in [0.25, 0.3) is 88.4 Å². The lowest BCUT2D eigenvalue weighted by Crippen LogP contribution is -1.88. The highest BCUT2D eigenvalue weighted by molar-refractivity contribution is 6.19. The molecule has 0 aliphatic rings. The maximum Gasteiger partial charge on any atom is 0.178 e. The average Bonchev–Trinajstić information content (AvgIpc) is 3.92. The fourth-order valence-corrected chi connectivity index (χ4v) is 8.83. The molecule has 11 aromatic rings. The minimum atomic E-state index is 0.791. The molecular formula is C65H62O2. The van der Waals surface area contributed by atoms with Gasteiger partial charge in [-0.25, -0.2) is 0 Å². The first kappa shape index (κ1) is 46.1. The van der Waals surface area contributed by atoms with Crippen molar-refractivity contribution in [3.05, 3.63) is 228 Å². The number of hydrogen-bond donors (Lipinski definition) is 0. The lowest BCUT2D eigenvalue weighted by Gasteiger charge is -2.12. The van der Waals surface area contributed by atoms with Gasteiger partial charge in [0.25, 0.3) is 0 Å². The van der Waals surface area contributed by atoms with Crippen molar-refractivity contribution >= 4 is 43.9 Å². The molecule has 0 saturated heterocycles. The van der Waals surface area contributed by atoms with Crippen molar-refractivity contribution in [2.45, 2.75) is 74.7 Å². The maximum atomic E-state index is 6.63. The van der Waals surface area contributed by atoms with E-state index >= 15 is 0 Å². The topological polar surface area (TPSA) is 26.3 Å². The van der Waals surface area contributed by atoms with Gasteiger partial charge >= 0.3 is 0 Å². The number of rotatable bonds is 6. The van der Waals surface area contributed by atoms with Gasteiger partial charge in [0.05, 0.1) is 0 Å². The Hall–Kier alpha value is -7.42. The van der Waals surface area contributed by atoms with E-state index in [9.17, 15) is 0 Å². The van der Waals surface area contributed by atoms with E-state index in [-0.39, 0.29) is 0 Å². The van der Waals surface area contributed by atoms with Gasteiger partial charge in [0, 0.05) is 21.5 Å². The number of hydrogen-bond acceptors (Lipinski definition) is 2. The molecule has 9 aromatic carbocycles. The Bertz CT molecular complexity index is 3210. The van der Waals surface area contributed by atoms with Crippen LogP contribution in [-0.2, 0) is 6.42 Å². The zero-order valence-corrected chi connectivity index (χ0v) is 40.4. The van der Waals surface area contributed by atoms with Gasteiger partial charge in [0.15, 0.2) is 11.2 Å². The Balaban J connectivity index is 0.000000267. The van der Waals surface area contributed by atoms with E-state index in [0.29, 0.717) is 0 Å². The van der Waals surface area contributed by atoms with Crippen LogP contribution in [0.1, 0.15) is 67.0 Å². The molecule has 11 rings (SSSR count). The molecule has 0 unspecified atom stereocenters. The summed E-state index contributed by atoms with van der Waals surface area (Å²) in [7, 11) is 0. The van der Waals surface area contributed by atoms with Crippen molar-refractivity contribution in [3.8, 4) is 44.5 Å². The number of aryl methyl sites for hydroxylation is 6. The summed E-state index contributed by atoms with van der Waals surface area (Å²) < 4.78 is 13.3. The predicted octanol–water partition coefficient (Wildman–Crippen LogP) is 19.4. The largest absolute Gasteiger partial charge is 0.452 e. The van der Waals surface area contributed by atoms with Gasteiger partial charge < -0.3 is 8.83 Å². The molecule has 2 heteroatoms. The van der Waals surface area contributed by atoms with Crippen LogP contribution in [0.4, 0.5) is 0 Å². The Kier molecular flexibility index (Phi) is 14.6. The molecule has 334 valence electrons. The van der Waals surface area contributed by atoms with Crippen LogP contribution in [0.5, 0.6) is 0 Å². The molecule has 0 fully saturated rings. The Morgan fingerprint density at radius 2 is 0.687 bits per heavy atom. The van der Waals surface area contributed by atoms with E-state index in [0.717, 1.165) is 55.0 Å². The third-order valence-corrected chi connectivity index (χ3v) is 12.4. The summed E-state index contributed by atoms with van der Waals surface area (Å²) in [4.78, 5) is 0. The highest BCUT2D eigenvalue weighted by Crippen LogP contribution is 2.41. The molecule has 0 atom stereocenters. The summed E-state index contributed by atoms with van der Waals surface area (Å²) in [6.07, 6.45) is 3.70. The van der Waals surface area contributed by atoms with Crippen molar-refractivity contribution < 1.29 is 8.83 Å². The molecule has 0 aliphatic carbocycles. The van der Waals surface area contributed by atoms with Gasteiger partial charge in [-0.05, 0) is 162 Å². The van der Waals surface area contributed by atoms with Gasteiger partial charge in [-0.1, -0.05) is 185 Å². The molecule has 0 amide bonds. The predicted molar refractivity (Wildman–Crippen MR) is 289 cm³/mol. The molecule has 67 heavy (non-hydrogen) atoms. The van der Waals surface area contributed by atoms with E-state index in [2.05, 4.69) is 231 Å². The van der Waals surface area contributed by atoms with Crippen molar-refractivity contribution in [1.29, 1.82) is 0 Å².